The predicted octanol–water partition coefficient (Wildman–Crippen LogP) is 0.400. The molecule has 3 N–H and O–H groups in total. The summed E-state index contributed by atoms with van der Waals surface area (Å²) in [4.78, 5) is 13.5. The average Bonchev–Trinajstić information content (AvgIpc) is 2.36. The van der Waals surface area contributed by atoms with Crippen LogP contribution in [-0.4, -0.2) is 42.3 Å². The van der Waals surface area contributed by atoms with E-state index in [0.29, 0.717) is 12.2 Å². The fraction of sp³-hybridized carbons (Fsp3) is 0.583. The van der Waals surface area contributed by atoms with Crippen molar-refractivity contribution in [3.63, 3.8) is 0 Å². The molecule has 0 saturated carbocycles. The maximum atomic E-state index is 11.5. The highest BCUT2D eigenvalue weighted by molar-refractivity contribution is 5.92. The molecule has 0 radical (unpaired) electrons. The molecule has 6 nitrogen and oxygen atoms in total. The summed E-state index contributed by atoms with van der Waals surface area (Å²) >= 11 is 0. The highest BCUT2D eigenvalue weighted by atomic mass is 16.1. The Balaban J connectivity index is 2.61. The van der Waals surface area contributed by atoms with Gasteiger partial charge in [0.1, 0.15) is 0 Å². The number of amides is 1. The van der Waals surface area contributed by atoms with Gasteiger partial charge in [0.05, 0.1) is 0 Å². The van der Waals surface area contributed by atoms with Crippen LogP contribution in [0.2, 0.25) is 0 Å². The zero-order valence-electron chi connectivity index (χ0n) is 11.2. The summed E-state index contributed by atoms with van der Waals surface area (Å²) in [7, 11) is 1.93. The molecule has 1 rings (SSSR count). The molecule has 1 atom stereocenters. The Labute approximate surface area is 108 Å². The molecule has 18 heavy (non-hydrogen) atoms. The van der Waals surface area contributed by atoms with Crippen molar-refractivity contribution in [2.24, 2.45) is 5.73 Å². The van der Waals surface area contributed by atoms with Gasteiger partial charge >= 0.3 is 0 Å². The first-order valence-electron chi connectivity index (χ1n) is 6.13. The molecule has 0 bridgehead atoms. The molecular formula is C12H21N5O. The first-order chi connectivity index (χ1) is 8.54. The SMILES string of the molecule is CCNC(=O)c1ccc(N(C)CCC(C)N)nn1. The number of rotatable bonds is 6. The number of nitrogens with one attached hydrogen (secondary N) is 1. The van der Waals surface area contributed by atoms with Crippen LogP contribution in [0, 0.1) is 0 Å². The molecule has 1 heterocycles. The predicted molar refractivity (Wildman–Crippen MR) is 71.6 cm³/mol. The Morgan fingerprint density at radius 3 is 2.72 bits per heavy atom. The number of carbonyl (C=O) groups excluding carboxylic acids is 1. The van der Waals surface area contributed by atoms with Crippen LogP contribution in [0.4, 0.5) is 5.82 Å². The van der Waals surface area contributed by atoms with E-state index in [2.05, 4.69) is 15.5 Å². The van der Waals surface area contributed by atoms with Crippen molar-refractivity contribution >= 4 is 11.7 Å². The minimum absolute atomic E-state index is 0.162. The van der Waals surface area contributed by atoms with Crippen molar-refractivity contribution in [3.05, 3.63) is 17.8 Å². The molecule has 0 fully saturated rings. The van der Waals surface area contributed by atoms with Gasteiger partial charge in [-0.15, -0.1) is 10.2 Å². The van der Waals surface area contributed by atoms with E-state index in [4.69, 9.17) is 5.73 Å². The summed E-state index contributed by atoms with van der Waals surface area (Å²) in [6.07, 6.45) is 0.885. The molecule has 1 amide bonds. The van der Waals surface area contributed by atoms with Gasteiger partial charge in [0.2, 0.25) is 0 Å². The molecular weight excluding hydrogens is 230 g/mol. The number of hydrogen-bond acceptors (Lipinski definition) is 5. The van der Waals surface area contributed by atoms with E-state index in [0.717, 1.165) is 18.8 Å². The molecule has 0 aliphatic carbocycles. The third-order valence-corrected chi connectivity index (χ3v) is 2.53. The van der Waals surface area contributed by atoms with Gasteiger partial charge in [0, 0.05) is 26.2 Å². The lowest BCUT2D eigenvalue weighted by Gasteiger charge is -2.18. The van der Waals surface area contributed by atoms with E-state index in [1.807, 2.05) is 25.8 Å². The third kappa shape index (κ3) is 4.29. The highest BCUT2D eigenvalue weighted by Gasteiger charge is 2.09. The second-order valence-corrected chi connectivity index (χ2v) is 4.32. The van der Waals surface area contributed by atoms with Gasteiger partial charge in [-0.05, 0) is 32.4 Å². The topological polar surface area (TPSA) is 84.1 Å². The largest absolute Gasteiger partial charge is 0.358 e. The van der Waals surface area contributed by atoms with Gasteiger partial charge in [-0.3, -0.25) is 4.79 Å². The van der Waals surface area contributed by atoms with Crippen molar-refractivity contribution in [1.82, 2.24) is 15.5 Å². The average molecular weight is 251 g/mol. The van der Waals surface area contributed by atoms with Crippen molar-refractivity contribution in [2.45, 2.75) is 26.3 Å². The van der Waals surface area contributed by atoms with Crippen molar-refractivity contribution in [2.75, 3.05) is 25.0 Å². The monoisotopic (exact) mass is 251 g/mol. The zero-order valence-corrected chi connectivity index (χ0v) is 11.2. The first-order valence-corrected chi connectivity index (χ1v) is 6.13. The third-order valence-electron chi connectivity index (χ3n) is 2.53. The van der Waals surface area contributed by atoms with Crippen LogP contribution < -0.4 is 16.0 Å². The molecule has 1 unspecified atom stereocenters. The fourth-order valence-corrected chi connectivity index (χ4v) is 1.41. The van der Waals surface area contributed by atoms with Crippen molar-refractivity contribution < 1.29 is 4.79 Å². The summed E-state index contributed by atoms with van der Waals surface area (Å²) in [5.74, 6) is 0.540. The normalized spacial score (nSPS) is 12.0. The Hall–Kier alpha value is -1.69. The second kappa shape index (κ2) is 6.90. The second-order valence-electron chi connectivity index (χ2n) is 4.32. The van der Waals surface area contributed by atoms with Crippen LogP contribution in [0.3, 0.4) is 0 Å². The standard InChI is InChI=1S/C12H21N5O/c1-4-14-12(18)10-5-6-11(16-15-10)17(3)8-7-9(2)13/h5-6,9H,4,7-8,13H2,1-3H3,(H,14,18). The molecule has 1 aromatic rings. The first kappa shape index (κ1) is 14.4. The molecule has 0 saturated heterocycles. The van der Waals surface area contributed by atoms with E-state index < -0.39 is 0 Å². The lowest BCUT2D eigenvalue weighted by atomic mass is 10.2. The summed E-state index contributed by atoms with van der Waals surface area (Å²) < 4.78 is 0. The molecule has 1 aromatic heterocycles. The number of hydrogen-bond donors (Lipinski definition) is 2. The number of carbonyl (C=O) groups is 1. The fourth-order valence-electron chi connectivity index (χ4n) is 1.41. The van der Waals surface area contributed by atoms with Gasteiger partial charge < -0.3 is 16.0 Å². The smallest absolute Gasteiger partial charge is 0.271 e. The van der Waals surface area contributed by atoms with Crippen molar-refractivity contribution in [3.8, 4) is 0 Å². The van der Waals surface area contributed by atoms with Gasteiger partial charge in [0.25, 0.3) is 5.91 Å². The molecule has 0 aliphatic rings. The molecule has 0 aromatic carbocycles. The summed E-state index contributed by atoms with van der Waals surface area (Å²) in [6, 6.07) is 3.63. The van der Waals surface area contributed by atoms with Crippen LogP contribution in [0.25, 0.3) is 0 Å². The quantitative estimate of drug-likeness (QED) is 0.764. The van der Waals surface area contributed by atoms with Gasteiger partial charge in [-0.1, -0.05) is 0 Å². The molecule has 0 spiro atoms. The van der Waals surface area contributed by atoms with Crippen LogP contribution in [-0.2, 0) is 0 Å². The van der Waals surface area contributed by atoms with Gasteiger partial charge in [-0.25, -0.2) is 0 Å². The highest BCUT2D eigenvalue weighted by Crippen LogP contribution is 2.08. The van der Waals surface area contributed by atoms with E-state index >= 15 is 0 Å². The number of nitrogens with zero attached hydrogens (tertiary/aromatic N) is 3. The van der Waals surface area contributed by atoms with E-state index in [-0.39, 0.29) is 11.9 Å². The van der Waals surface area contributed by atoms with Crippen LogP contribution in [0.5, 0.6) is 0 Å². The van der Waals surface area contributed by atoms with E-state index in [1.165, 1.54) is 0 Å². The lowest BCUT2D eigenvalue weighted by Crippen LogP contribution is -2.27. The van der Waals surface area contributed by atoms with Crippen LogP contribution >= 0.6 is 0 Å². The summed E-state index contributed by atoms with van der Waals surface area (Å²) in [5, 5.41) is 10.6. The molecule has 100 valence electrons. The van der Waals surface area contributed by atoms with Crippen LogP contribution in [0.15, 0.2) is 12.1 Å². The van der Waals surface area contributed by atoms with E-state index in [9.17, 15) is 4.79 Å². The Bertz CT molecular complexity index is 377. The number of anilines is 1. The summed E-state index contributed by atoms with van der Waals surface area (Å²) in [5.41, 5.74) is 6.03. The van der Waals surface area contributed by atoms with Gasteiger partial charge in [0.15, 0.2) is 11.5 Å². The number of aromatic nitrogens is 2. The Morgan fingerprint density at radius 2 is 2.22 bits per heavy atom. The molecule has 6 heteroatoms. The van der Waals surface area contributed by atoms with Gasteiger partial charge in [-0.2, -0.15) is 0 Å². The minimum atomic E-state index is -0.199. The zero-order chi connectivity index (χ0) is 13.5. The van der Waals surface area contributed by atoms with Crippen molar-refractivity contribution in [1.29, 1.82) is 0 Å². The maximum absolute atomic E-state index is 11.5. The summed E-state index contributed by atoms with van der Waals surface area (Å²) in [6.45, 7) is 5.22. The Morgan fingerprint density at radius 1 is 1.50 bits per heavy atom. The minimum Gasteiger partial charge on any atom is -0.358 e. The van der Waals surface area contributed by atoms with Crippen LogP contribution in [0.1, 0.15) is 30.8 Å². The maximum Gasteiger partial charge on any atom is 0.271 e. The molecule has 0 aliphatic heterocycles. The van der Waals surface area contributed by atoms with E-state index in [1.54, 1.807) is 12.1 Å². The lowest BCUT2D eigenvalue weighted by molar-refractivity contribution is 0.0950. The Kier molecular flexibility index (Phi) is 5.51. The number of nitrogens with two attached hydrogens (primary N) is 1.